The number of hydrogen-bond acceptors (Lipinski definition) is 4. The highest BCUT2D eigenvalue weighted by Gasteiger charge is 2.23. The Labute approximate surface area is 115 Å². The van der Waals surface area contributed by atoms with Gasteiger partial charge in [-0.2, -0.15) is 0 Å². The molecule has 1 aromatic carbocycles. The van der Waals surface area contributed by atoms with Crippen LogP contribution in [0.3, 0.4) is 0 Å². The van der Waals surface area contributed by atoms with Crippen molar-refractivity contribution in [3.8, 4) is 5.75 Å². The monoisotopic (exact) mass is 264 g/mol. The maximum Gasteiger partial charge on any atom is 0.121 e. The van der Waals surface area contributed by atoms with Crippen LogP contribution >= 0.6 is 0 Å². The number of aliphatic hydroxyl groups excluding tert-OH is 1. The molecule has 0 bridgehead atoms. The van der Waals surface area contributed by atoms with E-state index in [9.17, 15) is 0 Å². The lowest BCUT2D eigenvalue weighted by molar-refractivity contribution is 0.210. The molecule has 4 nitrogen and oxygen atoms in total. The van der Waals surface area contributed by atoms with E-state index in [-0.39, 0.29) is 6.61 Å². The summed E-state index contributed by atoms with van der Waals surface area (Å²) in [5.74, 6) is 0.820. The summed E-state index contributed by atoms with van der Waals surface area (Å²) in [6, 6.07) is 6.51. The first-order valence-electron chi connectivity index (χ1n) is 7.01. The van der Waals surface area contributed by atoms with Gasteiger partial charge in [0.05, 0.1) is 7.11 Å². The van der Waals surface area contributed by atoms with E-state index in [4.69, 9.17) is 15.6 Å². The third-order valence-electron chi connectivity index (χ3n) is 3.80. The highest BCUT2D eigenvalue weighted by atomic mass is 16.5. The Morgan fingerprint density at radius 1 is 1.42 bits per heavy atom. The SMILES string of the molecule is COc1cc(N)cc(CN2CCCC2CCCO)c1. The number of rotatable bonds is 6. The summed E-state index contributed by atoms with van der Waals surface area (Å²) in [4.78, 5) is 2.49. The van der Waals surface area contributed by atoms with Gasteiger partial charge in [0.2, 0.25) is 0 Å². The van der Waals surface area contributed by atoms with Gasteiger partial charge in [-0.15, -0.1) is 0 Å². The van der Waals surface area contributed by atoms with E-state index < -0.39 is 0 Å². The van der Waals surface area contributed by atoms with Crippen LogP contribution in [0.5, 0.6) is 5.75 Å². The molecule has 0 spiro atoms. The van der Waals surface area contributed by atoms with Crippen molar-refractivity contribution >= 4 is 5.69 Å². The van der Waals surface area contributed by atoms with E-state index in [0.717, 1.165) is 37.4 Å². The molecule has 1 aliphatic heterocycles. The minimum atomic E-state index is 0.288. The zero-order chi connectivity index (χ0) is 13.7. The molecule has 4 heteroatoms. The van der Waals surface area contributed by atoms with Gasteiger partial charge in [0, 0.05) is 30.9 Å². The summed E-state index contributed by atoms with van der Waals surface area (Å²) in [7, 11) is 1.67. The molecule has 0 radical (unpaired) electrons. The Hall–Kier alpha value is -1.26. The second-order valence-electron chi connectivity index (χ2n) is 5.25. The summed E-state index contributed by atoms with van der Waals surface area (Å²) in [6.07, 6.45) is 4.45. The average Bonchev–Trinajstić information content (AvgIpc) is 2.83. The molecular formula is C15H24N2O2. The third-order valence-corrected chi connectivity index (χ3v) is 3.80. The molecule has 1 unspecified atom stereocenters. The van der Waals surface area contributed by atoms with Crippen LogP contribution in [-0.2, 0) is 6.54 Å². The molecule has 0 aliphatic carbocycles. The van der Waals surface area contributed by atoms with E-state index in [1.54, 1.807) is 7.11 Å². The molecule has 3 N–H and O–H groups in total. The maximum atomic E-state index is 8.96. The van der Waals surface area contributed by atoms with Crippen molar-refractivity contribution in [1.82, 2.24) is 4.90 Å². The van der Waals surface area contributed by atoms with Crippen LogP contribution in [0.25, 0.3) is 0 Å². The van der Waals surface area contributed by atoms with Crippen LogP contribution < -0.4 is 10.5 Å². The van der Waals surface area contributed by atoms with Gasteiger partial charge in [0.1, 0.15) is 5.75 Å². The van der Waals surface area contributed by atoms with Crippen LogP contribution in [0.1, 0.15) is 31.2 Å². The van der Waals surface area contributed by atoms with Gasteiger partial charge in [0.25, 0.3) is 0 Å². The summed E-state index contributed by atoms with van der Waals surface area (Å²) in [5, 5.41) is 8.96. The van der Waals surface area contributed by atoms with Crippen LogP contribution in [0, 0.1) is 0 Å². The number of anilines is 1. The Morgan fingerprint density at radius 3 is 3.00 bits per heavy atom. The second kappa shape index (κ2) is 6.78. The summed E-state index contributed by atoms with van der Waals surface area (Å²) in [6.45, 7) is 2.33. The van der Waals surface area contributed by atoms with Crippen LogP contribution in [-0.4, -0.2) is 36.3 Å². The molecule has 0 saturated carbocycles. The van der Waals surface area contributed by atoms with Gasteiger partial charge in [-0.3, -0.25) is 4.90 Å². The quantitative estimate of drug-likeness (QED) is 0.772. The fraction of sp³-hybridized carbons (Fsp3) is 0.600. The molecular weight excluding hydrogens is 240 g/mol. The maximum absolute atomic E-state index is 8.96. The van der Waals surface area contributed by atoms with Crippen LogP contribution in [0.4, 0.5) is 5.69 Å². The Morgan fingerprint density at radius 2 is 2.26 bits per heavy atom. The predicted molar refractivity (Wildman–Crippen MR) is 77.2 cm³/mol. The van der Waals surface area contributed by atoms with Crippen LogP contribution in [0.15, 0.2) is 18.2 Å². The topological polar surface area (TPSA) is 58.7 Å². The standard InChI is InChI=1S/C15H24N2O2/c1-19-15-9-12(8-13(16)10-15)11-17-6-2-4-14(17)5-3-7-18/h8-10,14,18H,2-7,11,16H2,1H3. The molecule has 1 atom stereocenters. The van der Waals surface area contributed by atoms with Gasteiger partial charge in [-0.1, -0.05) is 0 Å². The minimum absolute atomic E-state index is 0.288. The third kappa shape index (κ3) is 3.85. The Balaban J connectivity index is 2.01. The van der Waals surface area contributed by atoms with Crippen molar-refractivity contribution in [2.45, 2.75) is 38.3 Å². The first-order valence-corrected chi connectivity index (χ1v) is 7.01. The molecule has 19 heavy (non-hydrogen) atoms. The van der Waals surface area contributed by atoms with Crippen molar-refractivity contribution in [3.63, 3.8) is 0 Å². The minimum Gasteiger partial charge on any atom is -0.497 e. The van der Waals surface area contributed by atoms with Crippen LogP contribution in [0.2, 0.25) is 0 Å². The van der Waals surface area contributed by atoms with Gasteiger partial charge in [-0.25, -0.2) is 0 Å². The van der Waals surface area contributed by atoms with Gasteiger partial charge < -0.3 is 15.6 Å². The lowest BCUT2D eigenvalue weighted by atomic mass is 10.1. The van der Waals surface area contributed by atoms with E-state index in [0.29, 0.717) is 6.04 Å². The van der Waals surface area contributed by atoms with E-state index in [2.05, 4.69) is 11.0 Å². The highest BCUT2D eigenvalue weighted by Crippen LogP contribution is 2.26. The molecule has 2 rings (SSSR count). The number of nitrogens with zero attached hydrogens (tertiary/aromatic N) is 1. The van der Waals surface area contributed by atoms with Crippen molar-refractivity contribution < 1.29 is 9.84 Å². The molecule has 1 fully saturated rings. The zero-order valence-corrected chi connectivity index (χ0v) is 11.6. The largest absolute Gasteiger partial charge is 0.497 e. The number of nitrogens with two attached hydrogens (primary N) is 1. The van der Waals surface area contributed by atoms with Crippen molar-refractivity contribution in [3.05, 3.63) is 23.8 Å². The molecule has 0 aromatic heterocycles. The summed E-state index contributed by atoms with van der Waals surface area (Å²) >= 11 is 0. The van der Waals surface area contributed by atoms with Crippen molar-refractivity contribution in [1.29, 1.82) is 0 Å². The first-order chi connectivity index (χ1) is 9.22. The van der Waals surface area contributed by atoms with Gasteiger partial charge in [0.15, 0.2) is 0 Å². The Kier molecular flexibility index (Phi) is 5.05. The number of ether oxygens (including phenoxy) is 1. The molecule has 106 valence electrons. The van der Waals surface area contributed by atoms with E-state index in [1.165, 1.54) is 18.4 Å². The summed E-state index contributed by atoms with van der Waals surface area (Å²) < 4.78 is 5.26. The lowest BCUT2D eigenvalue weighted by Crippen LogP contribution is -2.29. The zero-order valence-electron chi connectivity index (χ0n) is 11.6. The molecule has 1 aromatic rings. The number of benzene rings is 1. The molecule has 1 heterocycles. The highest BCUT2D eigenvalue weighted by molar-refractivity contribution is 5.47. The summed E-state index contributed by atoms with van der Waals surface area (Å²) in [5.41, 5.74) is 7.84. The fourth-order valence-corrected chi connectivity index (χ4v) is 2.89. The first kappa shape index (κ1) is 14.2. The molecule has 0 amide bonds. The van der Waals surface area contributed by atoms with Crippen molar-refractivity contribution in [2.24, 2.45) is 0 Å². The predicted octanol–water partition coefficient (Wildman–Crippen LogP) is 2.01. The van der Waals surface area contributed by atoms with E-state index in [1.807, 2.05) is 12.1 Å². The van der Waals surface area contributed by atoms with Crippen molar-refractivity contribution in [2.75, 3.05) is 26.0 Å². The number of nitrogen functional groups attached to an aromatic ring is 1. The number of likely N-dealkylation sites (tertiary alicyclic amines) is 1. The Bertz CT molecular complexity index is 409. The molecule has 1 saturated heterocycles. The van der Waals surface area contributed by atoms with Gasteiger partial charge >= 0.3 is 0 Å². The lowest BCUT2D eigenvalue weighted by Gasteiger charge is -2.24. The smallest absolute Gasteiger partial charge is 0.121 e. The number of aliphatic hydroxyl groups is 1. The number of methoxy groups -OCH3 is 1. The van der Waals surface area contributed by atoms with E-state index >= 15 is 0 Å². The fourth-order valence-electron chi connectivity index (χ4n) is 2.89. The normalized spacial score (nSPS) is 19.8. The van der Waals surface area contributed by atoms with Gasteiger partial charge in [-0.05, 0) is 49.9 Å². The average molecular weight is 264 g/mol. The second-order valence-corrected chi connectivity index (χ2v) is 5.25. The molecule has 1 aliphatic rings. The number of hydrogen-bond donors (Lipinski definition) is 2.